The second-order valence-corrected chi connectivity index (χ2v) is 8.57. The van der Waals surface area contributed by atoms with Gasteiger partial charge >= 0.3 is 12.3 Å². The lowest BCUT2D eigenvalue weighted by atomic mass is 9.96. The minimum atomic E-state index is -4.87. The first-order valence-corrected chi connectivity index (χ1v) is 9.38. The largest absolute Gasteiger partial charge is 0.444 e. The lowest BCUT2D eigenvalue weighted by Gasteiger charge is -2.34. The molecular formula is C18H20ClF3N4O4. The van der Waals surface area contributed by atoms with Crippen LogP contribution in [0.25, 0.3) is 10.8 Å². The van der Waals surface area contributed by atoms with E-state index in [1.807, 2.05) is 0 Å². The highest BCUT2D eigenvalue weighted by Gasteiger charge is 2.61. The van der Waals surface area contributed by atoms with E-state index >= 15 is 0 Å². The molecule has 2 aromatic rings. The van der Waals surface area contributed by atoms with Gasteiger partial charge in [-0.2, -0.15) is 18.3 Å². The summed E-state index contributed by atoms with van der Waals surface area (Å²) < 4.78 is 49.3. The molecule has 0 aromatic carbocycles. The second kappa shape index (κ2) is 7.00. The highest BCUT2D eigenvalue weighted by Crippen LogP contribution is 2.44. The third-order valence-electron chi connectivity index (χ3n) is 4.93. The SMILES string of the molecule is Cn1nc(Cl)c2cn(C3(C(F)(F)F)CCN(C(=O)OC(C)(C)C)C3)c(=O)cc2c1=O. The molecule has 12 heteroatoms. The highest BCUT2D eigenvalue weighted by atomic mass is 35.5. The summed E-state index contributed by atoms with van der Waals surface area (Å²) in [4.78, 5) is 38.1. The normalized spacial score (nSPS) is 20.1. The summed E-state index contributed by atoms with van der Waals surface area (Å²) >= 11 is 6.02. The predicted molar refractivity (Wildman–Crippen MR) is 103 cm³/mol. The van der Waals surface area contributed by atoms with E-state index in [9.17, 15) is 27.6 Å². The topological polar surface area (TPSA) is 86.4 Å². The van der Waals surface area contributed by atoms with Gasteiger partial charge in [-0.15, -0.1) is 0 Å². The first kappa shape index (κ1) is 22.1. The summed E-state index contributed by atoms with van der Waals surface area (Å²) in [5.74, 6) is 0. The van der Waals surface area contributed by atoms with Crippen LogP contribution in [0, 0.1) is 0 Å². The summed E-state index contributed by atoms with van der Waals surface area (Å²) in [5, 5.41) is 3.31. The van der Waals surface area contributed by atoms with Gasteiger partial charge in [-0.1, -0.05) is 11.6 Å². The van der Waals surface area contributed by atoms with Crippen molar-refractivity contribution in [2.24, 2.45) is 7.05 Å². The smallest absolute Gasteiger partial charge is 0.413 e. The van der Waals surface area contributed by atoms with E-state index < -0.39 is 47.5 Å². The van der Waals surface area contributed by atoms with E-state index in [0.717, 1.165) is 21.8 Å². The molecule has 1 amide bonds. The average molecular weight is 449 g/mol. The van der Waals surface area contributed by atoms with Crippen molar-refractivity contribution in [3.05, 3.63) is 38.1 Å². The molecule has 0 radical (unpaired) electrons. The van der Waals surface area contributed by atoms with Gasteiger partial charge in [-0.25, -0.2) is 9.48 Å². The van der Waals surface area contributed by atoms with Crippen molar-refractivity contribution in [1.29, 1.82) is 0 Å². The zero-order valence-electron chi connectivity index (χ0n) is 16.7. The van der Waals surface area contributed by atoms with Gasteiger partial charge in [-0.3, -0.25) is 14.2 Å². The number of likely N-dealkylation sites (tertiary alicyclic amines) is 1. The molecule has 0 saturated carbocycles. The van der Waals surface area contributed by atoms with Crippen LogP contribution in [0.15, 0.2) is 21.9 Å². The number of nitrogens with zero attached hydrogens (tertiary/aromatic N) is 4. The fraction of sp³-hybridized carbons (Fsp3) is 0.556. The van der Waals surface area contributed by atoms with Gasteiger partial charge in [0.1, 0.15) is 5.60 Å². The lowest BCUT2D eigenvalue weighted by molar-refractivity contribution is -0.210. The van der Waals surface area contributed by atoms with Crippen LogP contribution in [0.2, 0.25) is 5.15 Å². The van der Waals surface area contributed by atoms with Crippen molar-refractivity contribution in [2.45, 2.75) is 44.5 Å². The molecule has 0 spiro atoms. The minimum Gasteiger partial charge on any atom is -0.444 e. The van der Waals surface area contributed by atoms with Crippen LogP contribution < -0.4 is 11.1 Å². The maximum atomic E-state index is 14.2. The quantitative estimate of drug-likeness (QED) is 0.669. The minimum absolute atomic E-state index is 0.0845. The molecule has 164 valence electrons. The van der Waals surface area contributed by atoms with Gasteiger partial charge in [0.05, 0.1) is 11.9 Å². The van der Waals surface area contributed by atoms with Crippen molar-refractivity contribution in [3.8, 4) is 0 Å². The standard InChI is InChI=1S/C18H20ClF3N4O4/c1-16(2,3)30-15(29)25-6-5-17(9-25,18(20,21)22)26-8-11-10(7-12(26)27)14(28)24(4)23-13(11)19/h7-8H,5-6,9H2,1-4H3. The summed E-state index contributed by atoms with van der Waals surface area (Å²) in [6.07, 6.45) is -5.45. The van der Waals surface area contributed by atoms with Crippen molar-refractivity contribution in [1.82, 2.24) is 19.2 Å². The van der Waals surface area contributed by atoms with E-state index in [-0.39, 0.29) is 22.5 Å². The third kappa shape index (κ3) is 3.66. The number of alkyl halides is 3. The van der Waals surface area contributed by atoms with E-state index in [1.165, 1.54) is 7.05 Å². The highest BCUT2D eigenvalue weighted by molar-refractivity contribution is 6.34. The number of hydrogen-bond donors (Lipinski definition) is 0. The third-order valence-corrected chi connectivity index (χ3v) is 5.21. The van der Waals surface area contributed by atoms with E-state index in [0.29, 0.717) is 4.57 Å². The van der Waals surface area contributed by atoms with Crippen LogP contribution in [0.5, 0.6) is 0 Å². The fourth-order valence-electron chi connectivity index (χ4n) is 3.45. The van der Waals surface area contributed by atoms with Gasteiger partial charge in [0.2, 0.25) is 0 Å². The van der Waals surface area contributed by atoms with Gasteiger partial charge in [0, 0.05) is 31.2 Å². The number of aryl methyl sites for hydroxylation is 1. The van der Waals surface area contributed by atoms with Crippen molar-refractivity contribution in [2.75, 3.05) is 13.1 Å². The van der Waals surface area contributed by atoms with Crippen LogP contribution in [-0.4, -0.2) is 50.2 Å². The molecule has 1 aliphatic rings. The van der Waals surface area contributed by atoms with Gasteiger partial charge in [0.25, 0.3) is 11.1 Å². The zero-order valence-corrected chi connectivity index (χ0v) is 17.5. The second-order valence-electron chi connectivity index (χ2n) is 8.21. The number of fused-ring (bicyclic) bond motifs is 1. The molecule has 0 bridgehead atoms. The molecule has 8 nitrogen and oxygen atoms in total. The fourth-order valence-corrected chi connectivity index (χ4v) is 3.72. The van der Waals surface area contributed by atoms with Crippen LogP contribution in [0.3, 0.4) is 0 Å². The summed E-state index contributed by atoms with van der Waals surface area (Å²) in [7, 11) is 1.31. The predicted octanol–water partition coefficient (Wildman–Crippen LogP) is 2.65. The molecule has 1 saturated heterocycles. The number of carbonyl (C=O) groups excluding carboxylic acids is 1. The maximum absolute atomic E-state index is 14.2. The van der Waals surface area contributed by atoms with E-state index in [1.54, 1.807) is 20.8 Å². The first-order valence-electron chi connectivity index (χ1n) is 9.01. The Bertz CT molecular complexity index is 1140. The molecule has 1 aliphatic heterocycles. The number of amides is 1. The lowest BCUT2D eigenvalue weighted by Crippen LogP contribution is -2.54. The van der Waals surface area contributed by atoms with E-state index in [4.69, 9.17) is 16.3 Å². The molecule has 1 atom stereocenters. The number of hydrogen-bond acceptors (Lipinski definition) is 5. The maximum Gasteiger partial charge on any atom is 0.413 e. The Labute approximate surface area is 173 Å². The number of pyridine rings is 1. The summed E-state index contributed by atoms with van der Waals surface area (Å²) in [6.45, 7) is 3.72. The van der Waals surface area contributed by atoms with Gasteiger partial charge in [-0.05, 0) is 27.2 Å². The Hall–Kier alpha value is -2.56. The molecule has 1 unspecified atom stereocenters. The van der Waals surface area contributed by atoms with Crippen LogP contribution in [0.1, 0.15) is 27.2 Å². The zero-order chi connectivity index (χ0) is 22.6. The van der Waals surface area contributed by atoms with Crippen molar-refractivity contribution < 1.29 is 22.7 Å². The Morgan fingerprint density at radius 1 is 1.23 bits per heavy atom. The molecule has 0 N–H and O–H groups in total. The molecule has 3 heterocycles. The molecule has 2 aromatic heterocycles. The van der Waals surface area contributed by atoms with Gasteiger partial charge in [0.15, 0.2) is 10.7 Å². The summed E-state index contributed by atoms with van der Waals surface area (Å²) in [6, 6.07) is 0.814. The molecular weight excluding hydrogens is 429 g/mol. The van der Waals surface area contributed by atoms with Crippen LogP contribution in [-0.2, 0) is 17.3 Å². The Balaban J connectivity index is 2.16. The first-order chi connectivity index (χ1) is 13.7. The number of ether oxygens (including phenoxy) is 1. The Morgan fingerprint density at radius 2 is 1.87 bits per heavy atom. The van der Waals surface area contributed by atoms with Gasteiger partial charge < -0.3 is 9.64 Å². The molecule has 1 fully saturated rings. The van der Waals surface area contributed by atoms with Crippen molar-refractivity contribution in [3.63, 3.8) is 0 Å². The number of aromatic nitrogens is 3. The van der Waals surface area contributed by atoms with Crippen LogP contribution >= 0.6 is 11.6 Å². The molecule has 0 aliphatic carbocycles. The number of rotatable bonds is 1. The Kier molecular flexibility index (Phi) is 5.16. The number of carbonyl (C=O) groups is 1. The van der Waals surface area contributed by atoms with Crippen LogP contribution in [0.4, 0.5) is 18.0 Å². The summed E-state index contributed by atoms with van der Waals surface area (Å²) in [5.41, 5.74) is -5.29. The molecule has 3 rings (SSSR count). The number of halogens is 4. The molecule has 30 heavy (non-hydrogen) atoms. The monoisotopic (exact) mass is 448 g/mol. The van der Waals surface area contributed by atoms with Crippen molar-refractivity contribution >= 4 is 28.5 Å². The van der Waals surface area contributed by atoms with E-state index in [2.05, 4.69) is 5.10 Å². The average Bonchev–Trinajstić information content (AvgIpc) is 3.04. The Morgan fingerprint density at radius 3 is 2.43 bits per heavy atom.